The highest BCUT2D eigenvalue weighted by Crippen LogP contribution is 2.49. The molecule has 1 saturated heterocycles. The van der Waals surface area contributed by atoms with Crippen LogP contribution >= 0.6 is 23.2 Å². The molecule has 0 amide bonds. The van der Waals surface area contributed by atoms with Crippen molar-refractivity contribution < 1.29 is 19.2 Å². The molecule has 3 atom stereocenters. The highest BCUT2D eigenvalue weighted by Gasteiger charge is 2.43. The van der Waals surface area contributed by atoms with Gasteiger partial charge in [-0.25, -0.2) is 9.78 Å². The Morgan fingerprint density at radius 1 is 1.08 bits per heavy atom. The lowest BCUT2D eigenvalue weighted by Gasteiger charge is -2.23. The van der Waals surface area contributed by atoms with E-state index in [2.05, 4.69) is 15.0 Å². The number of hydrogen-bond acceptors (Lipinski definition) is 6. The summed E-state index contributed by atoms with van der Waals surface area (Å²) in [5, 5.41) is 14.9. The fraction of sp³-hybridized carbons (Fsp3) is 0.483. The van der Waals surface area contributed by atoms with Crippen LogP contribution < -0.4 is 4.90 Å². The van der Waals surface area contributed by atoms with Gasteiger partial charge in [-0.1, -0.05) is 34.4 Å². The Labute approximate surface area is 231 Å². The third-order valence-corrected chi connectivity index (χ3v) is 9.23. The molecule has 1 N–H and O–H groups in total. The minimum absolute atomic E-state index is 0.175. The maximum absolute atomic E-state index is 11.5. The van der Waals surface area contributed by atoms with Gasteiger partial charge in [0.15, 0.2) is 0 Å². The molecule has 0 spiro atoms. The summed E-state index contributed by atoms with van der Waals surface area (Å²) in [5.74, 6) is 2.88. The fourth-order valence-corrected chi connectivity index (χ4v) is 6.93. The molecule has 3 aliphatic carbocycles. The van der Waals surface area contributed by atoms with E-state index < -0.39 is 5.97 Å². The number of nitrogens with zero attached hydrogens (tertiary/aromatic N) is 3. The Bertz CT molecular complexity index is 1370. The smallest absolute Gasteiger partial charge is 0.337 e. The monoisotopic (exact) mass is 553 g/mol. The third-order valence-electron chi connectivity index (χ3n) is 8.60. The van der Waals surface area contributed by atoms with Gasteiger partial charge in [0, 0.05) is 36.3 Å². The van der Waals surface area contributed by atoms with Crippen LogP contribution in [0.4, 0.5) is 5.82 Å². The van der Waals surface area contributed by atoms with Gasteiger partial charge >= 0.3 is 5.97 Å². The lowest BCUT2D eigenvalue weighted by molar-refractivity contribution is 0.0402. The third kappa shape index (κ3) is 4.48. The number of anilines is 1. The quantitative estimate of drug-likeness (QED) is 0.323. The van der Waals surface area contributed by atoms with Crippen molar-refractivity contribution >= 4 is 35.0 Å². The number of ether oxygens (including phenoxy) is 1. The fourth-order valence-electron chi connectivity index (χ4n) is 6.35. The number of halogens is 2. The number of aromatic nitrogens is 2. The molecule has 1 aromatic carbocycles. The summed E-state index contributed by atoms with van der Waals surface area (Å²) in [6.07, 6.45) is 8.11. The Morgan fingerprint density at radius 2 is 1.76 bits per heavy atom. The van der Waals surface area contributed by atoms with Crippen molar-refractivity contribution in [2.75, 3.05) is 18.0 Å². The van der Waals surface area contributed by atoms with E-state index in [0.717, 1.165) is 74.3 Å². The molecular formula is C29H29Cl2N3O4. The first-order valence-electron chi connectivity index (χ1n) is 13.5. The molecule has 0 unspecified atom stereocenters. The number of rotatable bonds is 8. The van der Waals surface area contributed by atoms with Crippen LogP contribution in [0, 0.1) is 11.8 Å². The van der Waals surface area contributed by atoms with E-state index in [-0.39, 0.29) is 11.7 Å². The van der Waals surface area contributed by atoms with Crippen LogP contribution in [0.15, 0.2) is 35.0 Å². The van der Waals surface area contributed by atoms with Gasteiger partial charge in [-0.2, -0.15) is 0 Å². The van der Waals surface area contributed by atoms with Crippen LogP contribution in [-0.2, 0) is 11.3 Å². The normalized spacial score (nSPS) is 24.7. The molecule has 0 radical (unpaired) electrons. The minimum Gasteiger partial charge on any atom is -0.478 e. The molecule has 4 fully saturated rings. The number of fused-ring (bicyclic) bond motifs is 1. The summed E-state index contributed by atoms with van der Waals surface area (Å²) >= 11 is 13.0. The molecule has 7 nitrogen and oxygen atoms in total. The number of carbonyl (C=O) groups is 1. The zero-order chi connectivity index (χ0) is 26.0. The van der Waals surface area contributed by atoms with Gasteiger partial charge in [0.2, 0.25) is 0 Å². The summed E-state index contributed by atoms with van der Waals surface area (Å²) < 4.78 is 12.3. The Morgan fingerprint density at radius 3 is 2.39 bits per heavy atom. The second kappa shape index (κ2) is 9.54. The number of hydrogen-bond donors (Lipinski definition) is 1. The zero-order valence-corrected chi connectivity index (χ0v) is 22.4. The summed E-state index contributed by atoms with van der Waals surface area (Å²) in [4.78, 5) is 18.5. The Hall–Kier alpha value is -2.61. The van der Waals surface area contributed by atoms with Gasteiger partial charge in [0.25, 0.3) is 0 Å². The summed E-state index contributed by atoms with van der Waals surface area (Å²) in [6.45, 7) is 2.31. The molecule has 2 aromatic heterocycles. The maximum Gasteiger partial charge on any atom is 0.337 e. The average molecular weight is 554 g/mol. The molecule has 198 valence electrons. The first kappa shape index (κ1) is 24.4. The van der Waals surface area contributed by atoms with Crippen molar-refractivity contribution in [1.82, 2.24) is 10.1 Å². The lowest BCUT2D eigenvalue weighted by atomic mass is 10.0. The van der Waals surface area contributed by atoms with Crippen molar-refractivity contribution in [1.29, 1.82) is 0 Å². The Balaban J connectivity index is 1.04. The van der Waals surface area contributed by atoms with Crippen molar-refractivity contribution in [3.8, 4) is 11.3 Å². The molecule has 4 aliphatic rings. The van der Waals surface area contributed by atoms with E-state index in [4.69, 9.17) is 32.5 Å². The molecule has 3 heterocycles. The van der Waals surface area contributed by atoms with Gasteiger partial charge in [0.05, 0.1) is 28.3 Å². The van der Waals surface area contributed by atoms with E-state index >= 15 is 0 Å². The van der Waals surface area contributed by atoms with Gasteiger partial charge in [-0.15, -0.1) is 0 Å². The molecule has 7 rings (SSSR count). The van der Waals surface area contributed by atoms with Gasteiger partial charge in [0.1, 0.15) is 17.3 Å². The second-order valence-electron chi connectivity index (χ2n) is 11.3. The lowest BCUT2D eigenvalue weighted by Crippen LogP contribution is -2.25. The predicted octanol–water partition coefficient (Wildman–Crippen LogP) is 6.93. The first-order valence-corrected chi connectivity index (χ1v) is 14.2. The number of aromatic carboxylic acids is 1. The van der Waals surface area contributed by atoms with Crippen LogP contribution in [0.3, 0.4) is 0 Å². The first-order chi connectivity index (χ1) is 18.5. The van der Waals surface area contributed by atoms with E-state index in [1.54, 1.807) is 0 Å². The van der Waals surface area contributed by atoms with E-state index in [1.807, 2.05) is 24.3 Å². The molecule has 1 aliphatic heterocycles. The van der Waals surface area contributed by atoms with E-state index in [9.17, 15) is 9.90 Å². The highest BCUT2D eigenvalue weighted by atomic mass is 35.5. The van der Waals surface area contributed by atoms with Crippen LogP contribution in [0.1, 0.15) is 77.6 Å². The number of benzene rings is 1. The molecule has 0 bridgehead atoms. The van der Waals surface area contributed by atoms with E-state index in [0.29, 0.717) is 51.6 Å². The van der Waals surface area contributed by atoms with Gasteiger partial charge in [-0.3, -0.25) is 0 Å². The number of pyridine rings is 1. The maximum atomic E-state index is 11.5. The van der Waals surface area contributed by atoms with Crippen molar-refractivity contribution in [2.45, 2.75) is 63.1 Å². The molecular weight excluding hydrogens is 525 g/mol. The van der Waals surface area contributed by atoms with Crippen LogP contribution in [0.5, 0.6) is 0 Å². The molecule has 3 saturated carbocycles. The molecule has 3 aromatic rings. The SMILES string of the molecule is O=C(O)c1cnc(N2C[C@H]3C[C@H](OCc4c(-c5c(Cl)cccc5Cl)noc4C4CC4)C[C@H]3C2)c(C2CC2)c1. The van der Waals surface area contributed by atoms with Gasteiger partial charge in [-0.05, 0) is 80.0 Å². The second-order valence-corrected chi connectivity index (χ2v) is 12.1. The molecule has 9 heteroatoms. The highest BCUT2D eigenvalue weighted by molar-refractivity contribution is 6.39. The summed E-state index contributed by atoms with van der Waals surface area (Å²) in [7, 11) is 0. The summed E-state index contributed by atoms with van der Waals surface area (Å²) in [5.41, 5.74) is 3.74. The van der Waals surface area contributed by atoms with Crippen LogP contribution in [0.2, 0.25) is 10.0 Å². The molecule has 38 heavy (non-hydrogen) atoms. The summed E-state index contributed by atoms with van der Waals surface area (Å²) in [6, 6.07) is 7.31. The van der Waals surface area contributed by atoms with Gasteiger partial charge < -0.3 is 19.3 Å². The topological polar surface area (TPSA) is 88.7 Å². The standard InChI is InChI=1S/C29H29Cl2N3O4/c30-23-2-1-3-24(31)25(23)26-22(27(38-33-26)16-6-7-16)14-37-20-8-18-12-34(13-19(18)9-20)28-21(15-4-5-15)10-17(11-32-28)29(35)36/h1-3,10-11,15-16,18-20H,4-9,12-14H2,(H,35,36)/t18-,19+,20+. The van der Waals surface area contributed by atoms with Crippen LogP contribution in [0.25, 0.3) is 11.3 Å². The predicted molar refractivity (Wildman–Crippen MR) is 144 cm³/mol. The van der Waals surface area contributed by atoms with Crippen molar-refractivity contribution in [3.05, 3.63) is 63.0 Å². The largest absolute Gasteiger partial charge is 0.478 e. The number of carboxylic acids is 1. The Kier molecular flexibility index (Phi) is 6.13. The van der Waals surface area contributed by atoms with Crippen LogP contribution in [-0.4, -0.2) is 40.4 Å². The number of carboxylic acid groups (broad SMARTS) is 1. The van der Waals surface area contributed by atoms with Crippen molar-refractivity contribution in [2.24, 2.45) is 11.8 Å². The van der Waals surface area contributed by atoms with Crippen molar-refractivity contribution in [3.63, 3.8) is 0 Å². The van der Waals surface area contributed by atoms with E-state index in [1.165, 1.54) is 6.20 Å². The zero-order valence-electron chi connectivity index (χ0n) is 20.9. The average Bonchev–Trinajstić information content (AvgIpc) is 3.81. The minimum atomic E-state index is -0.915.